The minimum atomic E-state index is -0.0389. The fraction of sp³-hybridized carbons (Fsp3) is 0.167. The molecule has 0 radical (unpaired) electrons. The van der Waals surface area contributed by atoms with Gasteiger partial charge in [-0.1, -0.05) is 45.0 Å². The van der Waals surface area contributed by atoms with Crippen LogP contribution in [0.2, 0.25) is 0 Å². The van der Waals surface area contributed by atoms with Crippen molar-refractivity contribution in [2.75, 3.05) is 0 Å². The van der Waals surface area contributed by atoms with E-state index in [-0.39, 0.29) is 5.41 Å². The summed E-state index contributed by atoms with van der Waals surface area (Å²) in [5.41, 5.74) is 6.22. The van der Waals surface area contributed by atoms with Crippen LogP contribution in [-0.4, -0.2) is 9.97 Å². The molecular weight excluding hydrogens is 348 g/mol. The van der Waals surface area contributed by atoms with Gasteiger partial charge < -0.3 is 8.83 Å². The van der Waals surface area contributed by atoms with Crippen LogP contribution in [0, 0.1) is 0 Å². The molecule has 28 heavy (non-hydrogen) atoms. The normalized spacial score (nSPS) is 12.1. The van der Waals surface area contributed by atoms with Crippen LogP contribution in [0.4, 0.5) is 0 Å². The Bertz CT molecular complexity index is 1150. The molecule has 4 heteroatoms. The monoisotopic (exact) mass is 368 g/mol. The van der Waals surface area contributed by atoms with Gasteiger partial charge in [-0.15, -0.1) is 0 Å². The molecule has 2 heterocycles. The fourth-order valence-corrected chi connectivity index (χ4v) is 3.30. The molecular formula is C24H20N2O2. The lowest BCUT2D eigenvalue weighted by molar-refractivity contribution is 0.587. The molecule has 4 nitrogen and oxygen atoms in total. The van der Waals surface area contributed by atoms with Gasteiger partial charge in [0.25, 0.3) is 0 Å². The maximum absolute atomic E-state index is 6.01. The van der Waals surface area contributed by atoms with Gasteiger partial charge in [0.15, 0.2) is 11.2 Å². The second-order valence-corrected chi connectivity index (χ2v) is 8.02. The van der Waals surface area contributed by atoms with Crippen molar-refractivity contribution < 1.29 is 8.83 Å². The second-order valence-electron chi connectivity index (χ2n) is 8.02. The van der Waals surface area contributed by atoms with Crippen molar-refractivity contribution in [3.63, 3.8) is 0 Å². The molecule has 0 N–H and O–H groups in total. The quantitative estimate of drug-likeness (QED) is 0.352. The summed E-state index contributed by atoms with van der Waals surface area (Å²) in [5.74, 6) is 1.20. The molecule has 138 valence electrons. The van der Waals surface area contributed by atoms with Crippen molar-refractivity contribution in [3.8, 4) is 22.9 Å². The number of rotatable bonds is 2. The molecule has 0 amide bonds. The van der Waals surface area contributed by atoms with Gasteiger partial charge in [-0.05, 0) is 53.4 Å². The highest BCUT2D eigenvalue weighted by molar-refractivity contribution is 5.79. The van der Waals surface area contributed by atoms with Gasteiger partial charge >= 0.3 is 0 Å². The van der Waals surface area contributed by atoms with E-state index in [1.807, 2.05) is 54.6 Å². The molecule has 0 saturated heterocycles. The van der Waals surface area contributed by atoms with E-state index in [1.165, 1.54) is 5.56 Å². The lowest BCUT2D eigenvalue weighted by atomic mass is 9.85. The van der Waals surface area contributed by atoms with Gasteiger partial charge in [-0.2, -0.15) is 0 Å². The molecule has 0 atom stereocenters. The van der Waals surface area contributed by atoms with E-state index >= 15 is 0 Å². The number of fused-ring (bicyclic) bond motifs is 2. The third-order valence-electron chi connectivity index (χ3n) is 4.88. The minimum Gasteiger partial charge on any atom is -0.436 e. The zero-order valence-corrected chi connectivity index (χ0v) is 16.1. The number of nitrogens with zero attached hydrogens (tertiary/aromatic N) is 2. The first-order valence-electron chi connectivity index (χ1n) is 9.35. The van der Waals surface area contributed by atoms with Crippen molar-refractivity contribution in [3.05, 3.63) is 72.3 Å². The van der Waals surface area contributed by atoms with Crippen LogP contribution in [0.25, 0.3) is 45.1 Å². The predicted molar refractivity (Wildman–Crippen MR) is 111 cm³/mol. The van der Waals surface area contributed by atoms with E-state index in [1.54, 1.807) is 0 Å². The Balaban J connectivity index is 1.72. The van der Waals surface area contributed by atoms with E-state index in [9.17, 15) is 0 Å². The van der Waals surface area contributed by atoms with E-state index < -0.39 is 0 Å². The first kappa shape index (κ1) is 16.8. The molecule has 0 aliphatic rings. The minimum absolute atomic E-state index is 0.0389. The van der Waals surface area contributed by atoms with Gasteiger partial charge in [0.1, 0.15) is 11.0 Å². The Labute approximate surface area is 162 Å². The van der Waals surface area contributed by atoms with E-state index in [0.29, 0.717) is 11.8 Å². The first-order valence-corrected chi connectivity index (χ1v) is 9.35. The lowest BCUT2D eigenvalue weighted by Crippen LogP contribution is -2.11. The first-order chi connectivity index (χ1) is 13.5. The number of aromatic nitrogens is 2. The average molecular weight is 368 g/mol. The largest absolute Gasteiger partial charge is 0.436 e. The summed E-state index contributed by atoms with van der Waals surface area (Å²) in [4.78, 5) is 9.33. The lowest BCUT2D eigenvalue weighted by Gasteiger charge is -2.20. The highest BCUT2D eigenvalue weighted by Gasteiger charge is 2.20. The summed E-state index contributed by atoms with van der Waals surface area (Å²) in [7, 11) is 0. The number of oxazole rings is 2. The van der Waals surface area contributed by atoms with Gasteiger partial charge in [0.05, 0.1) is 0 Å². The molecule has 0 fully saturated rings. The highest BCUT2D eigenvalue weighted by Crippen LogP contribution is 2.34. The SMILES string of the molecule is CC(C)(C)c1cc(-c2nc3ccccc3o2)cc(-c2nc3ccccc3o2)c1. The summed E-state index contributed by atoms with van der Waals surface area (Å²) < 4.78 is 12.0. The van der Waals surface area contributed by atoms with Crippen LogP contribution < -0.4 is 0 Å². The highest BCUT2D eigenvalue weighted by atomic mass is 16.4. The molecule has 0 spiro atoms. The second kappa shape index (κ2) is 6.06. The maximum Gasteiger partial charge on any atom is 0.227 e. The van der Waals surface area contributed by atoms with Crippen LogP contribution in [0.15, 0.2) is 75.6 Å². The van der Waals surface area contributed by atoms with Crippen LogP contribution in [0.5, 0.6) is 0 Å². The Morgan fingerprint density at radius 2 is 1.11 bits per heavy atom. The van der Waals surface area contributed by atoms with Crippen molar-refractivity contribution in [1.82, 2.24) is 9.97 Å². The summed E-state index contributed by atoms with van der Waals surface area (Å²) in [6.07, 6.45) is 0. The van der Waals surface area contributed by atoms with Crippen molar-refractivity contribution >= 4 is 22.2 Å². The average Bonchev–Trinajstić information content (AvgIpc) is 3.31. The van der Waals surface area contributed by atoms with E-state index in [4.69, 9.17) is 8.83 Å². The summed E-state index contributed by atoms with van der Waals surface area (Å²) in [5, 5.41) is 0. The summed E-state index contributed by atoms with van der Waals surface area (Å²) >= 11 is 0. The van der Waals surface area contributed by atoms with E-state index in [0.717, 1.165) is 33.3 Å². The van der Waals surface area contributed by atoms with Crippen LogP contribution >= 0.6 is 0 Å². The molecule has 3 aromatic carbocycles. The molecule has 0 aliphatic carbocycles. The van der Waals surface area contributed by atoms with Crippen molar-refractivity contribution in [2.24, 2.45) is 0 Å². The topological polar surface area (TPSA) is 52.1 Å². The Hall–Kier alpha value is -3.40. The van der Waals surface area contributed by atoms with Crippen molar-refractivity contribution in [2.45, 2.75) is 26.2 Å². The molecule has 0 saturated carbocycles. The van der Waals surface area contributed by atoms with Gasteiger partial charge in [-0.25, -0.2) is 9.97 Å². The third kappa shape index (κ3) is 2.87. The van der Waals surface area contributed by atoms with Crippen molar-refractivity contribution in [1.29, 1.82) is 0 Å². The fourth-order valence-electron chi connectivity index (χ4n) is 3.30. The molecule has 5 rings (SSSR count). The Morgan fingerprint density at radius 1 is 0.643 bits per heavy atom. The smallest absolute Gasteiger partial charge is 0.227 e. The maximum atomic E-state index is 6.01. The zero-order valence-electron chi connectivity index (χ0n) is 16.1. The number of hydrogen-bond donors (Lipinski definition) is 0. The summed E-state index contributed by atoms with van der Waals surface area (Å²) in [6, 6.07) is 21.9. The number of benzene rings is 3. The molecule has 0 unspecified atom stereocenters. The predicted octanol–water partition coefficient (Wildman–Crippen LogP) is 6.60. The number of hydrogen-bond acceptors (Lipinski definition) is 4. The Kier molecular flexibility index (Phi) is 3.63. The van der Waals surface area contributed by atoms with Gasteiger partial charge in [0.2, 0.25) is 11.8 Å². The zero-order chi connectivity index (χ0) is 19.3. The van der Waals surface area contributed by atoms with Gasteiger partial charge in [0, 0.05) is 11.1 Å². The molecule has 0 aliphatic heterocycles. The third-order valence-corrected chi connectivity index (χ3v) is 4.88. The molecule has 2 aromatic heterocycles. The van der Waals surface area contributed by atoms with Crippen LogP contribution in [0.1, 0.15) is 26.3 Å². The van der Waals surface area contributed by atoms with Gasteiger partial charge in [-0.3, -0.25) is 0 Å². The number of para-hydroxylation sites is 4. The molecule has 5 aromatic rings. The molecule has 0 bridgehead atoms. The van der Waals surface area contributed by atoms with Crippen LogP contribution in [-0.2, 0) is 5.41 Å². The Morgan fingerprint density at radius 3 is 1.54 bits per heavy atom. The van der Waals surface area contributed by atoms with Crippen LogP contribution in [0.3, 0.4) is 0 Å². The summed E-state index contributed by atoms with van der Waals surface area (Å²) in [6.45, 7) is 6.57. The standard InChI is InChI=1S/C24H20N2O2/c1-24(2,3)17-13-15(22-25-18-8-4-6-10-20(18)27-22)12-16(14-17)23-26-19-9-5-7-11-21(19)28-23/h4-14H,1-3H3. The van der Waals surface area contributed by atoms with E-state index in [2.05, 4.69) is 42.9 Å².